The molecule has 0 saturated carbocycles. The Bertz CT molecular complexity index is 1270. The summed E-state index contributed by atoms with van der Waals surface area (Å²) in [6, 6.07) is 16.9. The summed E-state index contributed by atoms with van der Waals surface area (Å²) in [6.45, 7) is 3.95. The molecule has 1 fully saturated rings. The van der Waals surface area contributed by atoms with E-state index in [1.807, 2.05) is 18.2 Å². The molecule has 3 N–H and O–H groups in total. The first kappa shape index (κ1) is 20.7. The molecule has 34 heavy (non-hydrogen) atoms. The van der Waals surface area contributed by atoms with Gasteiger partial charge in [0.2, 0.25) is 12.7 Å². The van der Waals surface area contributed by atoms with Crippen LogP contribution in [-0.4, -0.2) is 50.8 Å². The summed E-state index contributed by atoms with van der Waals surface area (Å²) >= 11 is 0. The van der Waals surface area contributed by atoms with Gasteiger partial charge in [-0.3, -0.25) is 4.90 Å². The number of likely N-dealkylation sites (tertiary alicyclic amines) is 1. The predicted octanol–water partition coefficient (Wildman–Crippen LogP) is 3.77. The fourth-order valence-electron chi connectivity index (χ4n) is 4.52. The quantitative estimate of drug-likeness (QED) is 0.386. The van der Waals surface area contributed by atoms with Gasteiger partial charge in [0, 0.05) is 32.2 Å². The van der Waals surface area contributed by atoms with Crippen molar-refractivity contribution in [2.75, 3.05) is 30.5 Å². The Kier molecular flexibility index (Phi) is 5.60. The molecule has 0 radical (unpaired) electrons. The molecule has 2 aliphatic heterocycles. The van der Waals surface area contributed by atoms with E-state index >= 15 is 0 Å². The van der Waals surface area contributed by atoms with Crippen molar-refractivity contribution in [1.29, 1.82) is 0 Å². The Balaban J connectivity index is 1.11. The molecule has 6 rings (SSSR count). The van der Waals surface area contributed by atoms with E-state index in [4.69, 9.17) is 14.5 Å². The smallest absolute Gasteiger partial charge is 0.231 e. The van der Waals surface area contributed by atoms with E-state index in [-0.39, 0.29) is 6.79 Å². The fraction of sp³-hybridized carbons (Fsp3) is 0.320. The van der Waals surface area contributed by atoms with E-state index in [1.165, 1.54) is 5.56 Å². The van der Waals surface area contributed by atoms with Gasteiger partial charge in [0.15, 0.2) is 23.0 Å². The van der Waals surface area contributed by atoms with Crippen LogP contribution in [0.1, 0.15) is 24.0 Å². The predicted molar refractivity (Wildman–Crippen MR) is 130 cm³/mol. The van der Waals surface area contributed by atoms with E-state index in [0.29, 0.717) is 24.2 Å². The molecule has 0 atom stereocenters. The molecule has 9 heteroatoms. The van der Waals surface area contributed by atoms with Crippen molar-refractivity contribution in [3.63, 3.8) is 0 Å². The molecule has 0 amide bonds. The summed E-state index contributed by atoms with van der Waals surface area (Å²) < 4.78 is 10.9. The Morgan fingerprint density at radius 2 is 1.82 bits per heavy atom. The lowest BCUT2D eigenvalue weighted by molar-refractivity contribution is 0.174. The molecule has 0 unspecified atom stereocenters. The maximum absolute atomic E-state index is 5.47. The van der Waals surface area contributed by atoms with Gasteiger partial charge in [0.05, 0.1) is 6.33 Å². The third-order valence-corrected chi connectivity index (χ3v) is 6.35. The SMILES string of the molecule is c1ccc(CN2CCC(Nc3nc(NCc4ccc5c(c4)OCO5)nc4nc[nH]c34)CC2)cc1. The first-order valence-corrected chi connectivity index (χ1v) is 11.7. The first-order chi connectivity index (χ1) is 16.8. The third kappa shape index (κ3) is 4.47. The Morgan fingerprint density at radius 3 is 2.71 bits per heavy atom. The summed E-state index contributed by atoms with van der Waals surface area (Å²) in [5, 5.41) is 6.97. The number of rotatable bonds is 7. The zero-order valence-corrected chi connectivity index (χ0v) is 18.8. The van der Waals surface area contributed by atoms with Crippen molar-refractivity contribution in [3.05, 3.63) is 66.0 Å². The largest absolute Gasteiger partial charge is 0.454 e. The van der Waals surface area contributed by atoms with Gasteiger partial charge in [-0.05, 0) is 36.1 Å². The highest BCUT2D eigenvalue weighted by Gasteiger charge is 2.21. The fourth-order valence-corrected chi connectivity index (χ4v) is 4.52. The lowest BCUT2D eigenvalue weighted by atomic mass is 10.0. The molecule has 4 aromatic rings. The number of imidazole rings is 1. The van der Waals surface area contributed by atoms with Gasteiger partial charge < -0.3 is 25.1 Å². The average molecular weight is 458 g/mol. The van der Waals surface area contributed by atoms with Gasteiger partial charge in [0.1, 0.15) is 5.52 Å². The summed E-state index contributed by atoms with van der Waals surface area (Å²) in [6.07, 6.45) is 3.79. The first-order valence-electron chi connectivity index (χ1n) is 11.7. The number of hydrogen-bond donors (Lipinski definition) is 3. The number of nitrogens with one attached hydrogen (secondary N) is 3. The molecule has 0 bridgehead atoms. The van der Waals surface area contributed by atoms with Crippen molar-refractivity contribution in [1.82, 2.24) is 24.8 Å². The second-order valence-corrected chi connectivity index (χ2v) is 8.72. The molecule has 2 aromatic heterocycles. The minimum Gasteiger partial charge on any atom is -0.454 e. The van der Waals surface area contributed by atoms with Crippen LogP contribution in [-0.2, 0) is 13.1 Å². The number of anilines is 2. The number of piperidine rings is 1. The van der Waals surface area contributed by atoms with Crippen LogP contribution in [0.25, 0.3) is 11.2 Å². The molecule has 0 aliphatic carbocycles. The topological polar surface area (TPSA) is 100 Å². The van der Waals surface area contributed by atoms with Crippen molar-refractivity contribution in [2.45, 2.75) is 32.0 Å². The molecule has 2 aliphatic rings. The highest BCUT2D eigenvalue weighted by Crippen LogP contribution is 2.32. The summed E-state index contributed by atoms with van der Waals surface area (Å²) in [4.78, 5) is 19.4. The molecule has 2 aromatic carbocycles. The number of fused-ring (bicyclic) bond motifs is 2. The van der Waals surface area contributed by atoms with E-state index in [0.717, 1.165) is 60.9 Å². The molecule has 9 nitrogen and oxygen atoms in total. The van der Waals surface area contributed by atoms with Crippen LogP contribution in [0.15, 0.2) is 54.9 Å². The Labute approximate surface area is 197 Å². The van der Waals surface area contributed by atoms with Crippen LogP contribution >= 0.6 is 0 Å². The molecule has 0 spiro atoms. The number of hydrogen-bond acceptors (Lipinski definition) is 8. The number of ether oxygens (including phenoxy) is 2. The summed E-state index contributed by atoms with van der Waals surface area (Å²) in [7, 11) is 0. The van der Waals surface area contributed by atoms with Crippen LogP contribution in [0.2, 0.25) is 0 Å². The summed E-state index contributed by atoms with van der Waals surface area (Å²) in [5.41, 5.74) is 3.91. The van der Waals surface area contributed by atoms with Gasteiger partial charge in [-0.15, -0.1) is 0 Å². The Hall–Kier alpha value is -3.85. The maximum atomic E-state index is 5.47. The second kappa shape index (κ2) is 9.18. The summed E-state index contributed by atoms with van der Waals surface area (Å²) in [5.74, 6) is 2.88. The van der Waals surface area contributed by atoms with Crippen LogP contribution in [0.3, 0.4) is 0 Å². The Morgan fingerprint density at radius 1 is 0.971 bits per heavy atom. The molecular weight excluding hydrogens is 430 g/mol. The van der Waals surface area contributed by atoms with Crippen molar-refractivity contribution >= 4 is 22.9 Å². The molecule has 4 heterocycles. The van der Waals surface area contributed by atoms with Crippen LogP contribution in [0, 0.1) is 0 Å². The minimum absolute atomic E-state index is 0.269. The minimum atomic E-state index is 0.269. The lowest BCUT2D eigenvalue weighted by Gasteiger charge is -2.32. The van der Waals surface area contributed by atoms with E-state index < -0.39 is 0 Å². The number of aromatic amines is 1. The maximum Gasteiger partial charge on any atom is 0.231 e. The molecular formula is C25H27N7O2. The molecule has 174 valence electrons. The standard InChI is InChI=1S/C25H27N7O2/c1-2-4-17(5-3-1)14-32-10-8-19(9-11-32)29-24-22-23(28-15-27-22)30-25(31-24)26-13-18-6-7-20-21(12-18)34-16-33-20/h1-7,12,15,19H,8-11,13-14,16H2,(H3,26,27,28,29,30,31). The van der Waals surface area contributed by atoms with Gasteiger partial charge in [0.25, 0.3) is 0 Å². The van der Waals surface area contributed by atoms with Gasteiger partial charge in [-0.1, -0.05) is 36.4 Å². The van der Waals surface area contributed by atoms with Gasteiger partial charge >= 0.3 is 0 Å². The molecule has 1 saturated heterocycles. The van der Waals surface area contributed by atoms with Gasteiger partial charge in [-0.25, -0.2) is 4.98 Å². The highest BCUT2D eigenvalue weighted by atomic mass is 16.7. The average Bonchev–Trinajstić information content (AvgIpc) is 3.54. The number of aromatic nitrogens is 4. The normalized spacial score (nSPS) is 16.1. The highest BCUT2D eigenvalue weighted by molar-refractivity contribution is 5.83. The third-order valence-electron chi connectivity index (χ3n) is 6.35. The van der Waals surface area contributed by atoms with Crippen molar-refractivity contribution in [3.8, 4) is 11.5 Å². The number of nitrogens with zero attached hydrogens (tertiary/aromatic N) is 4. The number of benzene rings is 2. The van der Waals surface area contributed by atoms with E-state index in [9.17, 15) is 0 Å². The van der Waals surface area contributed by atoms with E-state index in [1.54, 1.807) is 6.33 Å². The van der Waals surface area contributed by atoms with Crippen molar-refractivity contribution < 1.29 is 9.47 Å². The van der Waals surface area contributed by atoms with Crippen LogP contribution in [0.4, 0.5) is 11.8 Å². The van der Waals surface area contributed by atoms with Crippen LogP contribution in [0.5, 0.6) is 11.5 Å². The second-order valence-electron chi connectivity index (χ2n) is 8.72. The van der Waals surface area contributed by atoms with Crippen molar-refractivity contribution in [2.24, 2.45) is 0 Å². The zero-order valence-electron chi connectivity index (χ0n) is 18.8. The van der Waals surface area contributed by atoms with E-state index in [2.05, 4.69) is 60.8 Å². The zero-order chi connectivity index (χ0) is 22.7. The van der Waals surface area contributed by atoms with Gasteiger partial charge in [-0.2, -0.15) is 9.97 Å². The monoisotopic (exact) mass is 457 g/mol. The van der Waals surface area contributed by atoms with Crippen LogP contribution < -0.4 is 20.1 Å². The lowest BCUT2D eigenvalue weighted by Crippen LogP contribution is -2.38. The number of H-pyrrole nitrogens is 1.